The lowest BCUT2D eigenvalue weighted by molar-refractivity contribution is -0.134. The summed E-state index contributed by atoms with van der Waals surface area (Å²) < 4.78 is 5.03. The number of pyridine rings is 2. The van der Waals surface area contributed by atoms with Crippen LogP contribution in [0.2, 0.25) is 0 Å². The molecule has 2 aromatic rings. The van der Waals surface area contributed by atoms with Crippen LogP contribution in [-0.4, -0.2) is 65.3 Å². The van der Waals surface area contributed by atoms with E-state index in [-0.39, 0.29) is 17.8 Å². The molecule has 0 spiro atoms. The van der Waals surface area contributed by atoms with Crippen LogP contribution in [0.4, 0.5) is 5.82 Å². The molecule has 1 aliphatic carbocycles. The van der Waals surface area contributed by atoms with Crippen LogP contribution < -0.4 is 4.90 Å². The summed E-state index contributed by atoms with van der Waals surface area (Å²) in [5.41, 5.74) is 3.15. The zero-order chi connectivity index (χ0) is 22.0. The van der Waals surface area contributed by atoms with Gasteiger partial charge in [0.15, 0.2) is 0 Å². The van der Waals surface area contributed by atoms with E-state index < -0.39 is 0 Å². The number of piperazine rings is 1. The van der Waals surface area contributed by atoms with E-state index in [0.717, 1.165) is 29.7 Å². The largest absolute Gasteiger partial charge is 0.493 e. The zero-order valence-electron chi connectivity index (χ0n) is 17.9. The highest BCUT2D eigenvalue weighted by atomic mass is 16.5. The van der Waals surface area contributed by atoms with Crippen LogP contribution in [0.5, 0.6) is 5.88 Å². The van der Waals surface area contributed by atoms with Crippen molar-refractivity contribution in [2.75, 3.05) is 38.3 Å². The fraction of sp³-hybridized carbons (Fsp3) is 0.478. The van der Waals surface area contributed by atoms with Crippen LogP contribution in [0.1, 0.15) is 43.4 Å². The molecule has 1 atom stereocenters. The molecular weight excluding hydrogens is 394 g/mol. The van der Waals surface area contributed by atoms with Gasteiger partial charge in [-0.25, -0.2) is 9.97 Å². The third-order valence-corrected chi connectivity index (χ3v) is 5.94. The van der Waals surface area contributed by atoms with Gasteiger partial charge in [-0.2, -0.15) is 5.26 Å². The molecule has 1 unspecified atom stereocenters. The molecule has 8 nitrogen and oxygen atoms in total. The number of methoxy groups -OCH3 is 1. The molecule has 0 bridgehead atoms. The van der Waals surface area contributed by atoms with Gasteiger partial charge in [-0.1, -0.05) is 0 Å². The van der Waals surface area contributed by atoms with Crippen LogP contribution >= 0.6 is 0 Å². The lowest BCUT2D eigenvalue weighted by Crippen LogP contribution is -2.54. The van der Waals surface area contributed by atoms with Gasteiger partial charge in [0.1, 0.15) is 11.9 Å². The molecule has 31 heavy (non-hydrogen) atoms. The van der Waals surface area contributed by atoms with Gasteiger partial charge in [0.2, 0.25) is 11.8 Å². The molecule has 0 radical (unpaired) electrons. The minimum atomic E-state index is -0.0510. The monoisotopic (exact) mass is 421 g/mol. The molecule has 4 rings (SSSR count). The van der Waals surface area contributed by atoms with Crippen molar-refractivity contribution in [3.05, 3.63) is 35.7 Å². The third kappa shape index (κ3) is 4.47. The van der Waals surface area contributed by atoms with Crippen molar-refractivity contribution in [2.45, 2.75) is 38.1 Å². The average molecular weight is 422 g/mol. The van der Waals surface area contributed by atoms with Crippen molar-refractivity contribution in [1.82, 2.24) is 14.9 Å². The van der Waals surface area contributed by atoms with Crippen LogP contribution in [0, 0.1) is 11.3 Å². The zero-order valence-corrected chi connectivity index (χ0v) is 17.9. The van der Waals surface area contributed by atoms with Gasteiger partial charge in [-0.05, 0) is 37.5 Å². The first-order chi connectivity index (χ1) is 15.0. The lowest BCUT2D eigenvalue weighted by Gasteiger charge is -2.41. The van der Waals surface area contributed by atoms with Gasteiger partial charge in [0, 0.05) is 56.5 Å². The van der Waals surface area contributed by atoms with E-state index in [2.05, 4.69) is 16.0 Å². The smallest absolute Gasteiger partial charge is 0.225 e. The Labute approximate surface area is 182 Å². The first kappa shape index (κ1) is 21.1. The van der Waals surface area contributed by atoms with E-state index in [1.807, 2.05) is 24.0 Å². The Bertz CT molecular complexity index is 1010. The molecule has 0 aromatic carbocycles. The number of amides is 1. The number of rotatable bonds is 6. The minimum absolute atomic E-state index is 0.0210. The summed E-state index contributed by atoms with van der Waals surface area (Å²) in [5, 5.41) is 19.7. The molecule has 1 aliphatic heterocycles. The Morgan fingerprint density at radius 1 is 1.35 bits per heavy atom. The number of hydrogen-bond donors (Lipinski definition) is 1. The summed E-state index contributed by atoms with van der Waals surface area (Å²) in [5.74, 6) is 1.09. The quantitative estimate of drug-likeness (QED) is 0.765. The Morgan fingerprint density at radius 3 is 2.81 bits per heavy atom. The Morgan fingerprint density at radius 2 is 2.16 bits per heavy atom. The second-order valence-corrected chi connectivity index (χ2v) is 8.21. The number of hydrogen-bond acceptors (Lipinski definition) is 7. The molecule has 1 N–H and O–H groups in total. The number of carbonyl (C=O) groups is 1. The van der Waals surface area contributed by atoms with Gasteiger partial charge in [-0.15, -0.1) is 0 Å². The Balaban J connectivity index is 1.63. The highest BCUT2D eigenvalue weighted by molar-refractivity contribution is 5.77. The summed E-state index contributed by atoms with van der Waals surface area (Å²) in [6, 6.07) is 7.64. The number of aromatic nitrogens is 2. The van der Waals surface area contributed by atoms with E-state index in [1.165, 1.54) is 0 Å². The van der Waals surface area contributed by atoms with Crippen molar-refractivity contribution < 1.29 is 14.6 Å². The fourth-order valence-corrected chi connectivity index (χ4v) is 4.18. The van der Waals surface area contributed by atoms with Crippen molar-refractivity contribution in [3.8, 4) is 23.1 Å². The van der Waals surface area contributed by atoms with Gasteiger partial charge in [-0.3, -0.25) is 4.79 Å². The SMILES string of the molecule is COCCC(=O)N1CCN(c2nc(C3CC3)c(-c3ccnc(O)c3)cc2C#N)CC1C. The first-order valence-electron chi connectivity index (χ1n) is 10.7. The third-order valence-electron chi connectivity index (χ3n) is 5.94. The normalized spacial score (nSPS) is 18.7. The topological polar surface area (TPSA) is 103 Å². The molecule has 2 aromatic heterocycles. The lowest BCUT2D eigenvalue weighted by atomic mass is 9.99. The van der Waals surface area contributed by atoms with Gasteiger partial charge < -0.3 is 19.6 Å². The molecule has 1 amide bonds. The van der Waals surface area contributed by atoms with E-state index in [0.29, 0.717) is 50.0 Å². The average Bonchev–Trinajstić information content (AvgIpc) is 3.62. The summed E-state index contributed by atoms with van der Waals surface area (Å²) in [6.45, 7) is 4.29. The maximum atomic E-state index is 12.4. The molecule has 2 aliphatic rings. The van der Waals surface area contributed by atoms with E-state index in [1.54, 1.807) is 19.4 Å². The summed E-state index contributed by atoms with van der Waals surface area (Å²) in [4.78, 5) is 25.3. The standard InChI is InChI=1S/C23H27N5O3/c1-15-14-27(8-9-28(15)21(30)6-10-31-2)23-18(13-24)11-19(22(26-23)16-3-4-16)17-5-7-25-20(29)12-17/h5,7,11-12,15-16H,3-4,6,8-10,14H2,1-2H3,(H,25,29). The first-order valence-corrected chi connectivity index (χ1v) is 10.7. The maximum absolute atomic E-state index is 12.4. The molecule has 2 fully saturated rings. The van der Waals surface area contributed by atoms with E-state index in [4.69, 9.17) is 9.72 Å². The number of carbonyl (C=O) groups excluding carboxylic acids is 1. The summed E-state index contributed by atoms with van der Waals surface area (Å²) in [7, 11) is 1.60. The number of aromatic hydroxyl groups is 1. The maximum Gasteiger partial charge on any atom is 0.225 e. The number of nitrogens with zero attached hydrogens (tertiary/aromatic N) is 5. The molecule has 1 saturated carbocycles. The summed E-state index contributed by atoms with van der Waals surface area (Å²) in [6.07, 6.45) is 4.08. The highest BCUT2D eigenvalue weighted by Gasteiger charge is 2.33. The van der Waals surface area contributed by atoms with Crippen molar-refractivity contribution in [3.63, 3.8) is 0 Å². The van der Waals surface area contributed by atoms with Crippen LogP contribution in [0.3, 0.4) is 0 Å². The predicted molar refractivity (Wildman–Crippen MR) is 116 cm³/mol. The van der Waals surface area contributed by atoms with E-state index in [9.17, 15) is 15.2 Å². The highest BCUT2D eigenvalue weighted by Crippen LogP contribution is 2.45. The molecule has 3 heterocycles. The second-order valence-electron chi connectivity index (χ2n) is 8.21. The van der Waals surface area contributed by atoms with Gasteiger partial charge in [0.05, 0.1) is 24.3 Å². The van der Waals surface area contributed by atoms with Crippen molar-refractivity contribution in [1.29, 1.82) is 5.26 Å². The predicted octanol–water partition coefficient (Wildman–Crippen LogP) is 2.67. The molecular formula is C23H27N5O3. The van der Waals surface area contributed by atoms with Crippen LogP contribution in [0.15, 0.2) is 24.4 Å². The fourth-order valence-electron chi connectivity index (χ4n) is 4.18. The van der Waals surface area contributed by atoms with Crippen molar-refractivity contribution in [2.24, 2.45) is 0 Å². The van der Waals surface area contributed by atoms with Crippen molar-refractivity contribution >= 4 is 11.7 Å². The van der Waals surface area contributed by atoms with Gasteiger partial charge >= 0.3 is 0 Å². The summed E-state index contributed by atoms with van der Waals surface area (Å²) >= 11 is 0. The van der Waals surface area contributed by atoms with E-state index >= 15 is 0 Å². The molecule has 8 heteroatoms. The van der Waals surface area contributed by atoms with Gasteiger partial charge in [0.25, 0.3) is 0 Å². The number of anilines is 1. The Hall–Kier alpha value is -3.18. The second kappa shape index (κ2) is 8.90. The molecule has 162 valence electrons. The number of ether oxygens (including phenoxy) is 1. The minimum Gasteiger partial charge on any atom is -0.493 e. The Kier molecular flexibility index (Phi) is 6.05. The van der Waals surface area contributed by atoms with Crippen LogP contribution in [-0.2, 0) is 9.53 Å². The van der Waals surface area contributed by atoms with Crippen LogP contribution in [0.25, 0.3) is 11.1 Å². The number of nitriles is 1. The molecule has 1 saturated heterocycles.